The zero-order valence-corrected chi connectivity index (χ0v) is 13.2. The largest absolute Gasteiger partial charge is 0.309 e. The van der Waals surface area contributed by atoms with Gasteiger partial charge in [-0.25, -0.2) is 0 Å². The van der Waals surface area contributed by atoms with E-state index in [0.717, 1.165) is 6.42 Å². The highest BCUT2D eigenvalue weighted by atomic mass is 15.0. The highest BCUT2D eigenvalue weighted by molar-refractivity contribution is 5.89. The number of rotatable bonds is 3. The van der Waals surface area contributed by atoms with E-state index in [1.165, 1.54) is 33.4 Å². The van der Waals surface area contributed by atoms with Crippen molar-refractivity contribution in [2.45, 2.75) is 13.3 Å². The zero-order chi connectivity index (χ0) is 15.6. The van der Waals surface area contributed by atoms with Crippen LogP contribution in [-0.2, 0) is 6.42 Å². The summed E-state index contributed by atoms with van der Waals surface area (Å²) in [6.45, 7) is 2.21. The van der Waals surface area contributed by atoms with Crippen LogP contribution in [-0.4, -0.2) is 4.57 Å². The molecule has 1 aromatic heterocycles. The molecule has 0 aliphatic carbocycles. The van der Waals surface area contributed by atoms with E-state index < -0.39 is 0 Å². The second-order valence-corrected chi connectivity index (χ2v) is 5.77. The Balaban J connectivity index is 2.08. The lowest BCUT2D eigenvalue weighted by Gasteiger charge is -2.15. The summed E-state index contributed by atoms with van der Waals surface area (Å²) in [7, 11) is 0. The molecule has 0 saturated heterocycles. The van der Waals surface area contributed by atoms with Gasteiger partial charge in [-0.1, -0.05) is 73.7 Å². The van der Waals surface area contributed by atoms with E-state index in [2.05, 4.69) is 96.4 Å². The Labute approximate surface area is 136 Å². The van der Waals surface area contributed by atoms with Crippen molar-refractivity contribution in [2.75, 3.05) is 0 Å². The van der Waals surface area contributed by atoms with Crippen molar-refractivity contribution in [3.63, 3.8) is 0 Å². The summed E-state index contributed by atoms with van der Waals surface area (Å²) in [4.78, 5) is 0. The van der Waals surface area contributed by atoms with Gasteiger partial charge in [0.25, 0.3) is 0 Å². The average molecular weight is 297 g/mol. The third-order valence-electron chi connectivity index (χ3n) is 4.39. The molecule has 0 atom stereocenters. The summed E-state index contributed by atoms with van der Waals surface area (Å²) in [5, 5.41) is 1.28. The predicted octanol–water partition coefficient (Wildman–Crippen LogP) is 5.86. The Morgan fingerprint density at radius 3 is 2.26 bits per heavy atom. The summed E-state index contributed by atoms with van der Waals surface area (Å²) in [5.41, 5.74) is 6.38. The van der Waals surface area contributed by atoms with Crippen molar-refractivity contribution in [2.24, 2.45) is 0 Å². The van der Waals surface area contributed by atoms with Crippen molar-refractivity contribution in [3.8, 4) is 16.9 Å². The van der Waals surface area contributed by atoms with Crippen LogP contribution < -0.4 is 0 Å². The Morgan fingerprint density at radius 1 is 0.739 bits per heavy atom. The number of hydrogen-bond acceptors (Lipinski definition) is 0. The molecule has 1 heterocycles. The molecule has 4 rings (SSSR count). The van der Waals surface area contributed by atoms with Gasteiger partial charge in [-0.15, -0.1) is 0 Å². The number of nitrogens with zero attached hydrogens (tertiary/aromatic N) is 1. The molecule has 1 nitrogen and oxygen atoms in total. The topological polar surface area (TPSA) is 4.93 Å². The van der Waals surface area contributed by atoms with Crippen molar-refractivity contribution >= 4 is 10.9 Å². The maximum atomic E-state index is 2.39. The monoisotopic (exact) mass is 297 g/mol. The fraction of sp³-hybridized carbons (Fsp3) is 0.0909. The lowest BCUT2D eigenvalue weighted by molar-refractivity contribution is 1.05. The van der Waals surface area contributed by atoms with Gasteiger partial charge < -0.3 is 4.57 Å². The molecule has 0 N–H and O–H groups in total. The predicted molar refractivity (Wildman–Crippen MR) is 98.1 cm³/mol. The number of aryl methyl sites for hydroxylation is 1. The highest BCUT2D eigenvalue weighted by Crippen LogP contribution is 2.32. The number of para-hydroxylation sites is 2. The van der Waals surface area contributed by atoms with Crippen LogP contribution in [0.15, 0.2) is 84.9 Å². The molecule has 0 bridgehead atoms. The second kappa shape index (κ2) is 5.77. The van der Waals surface area contributed by atoms with E-state index in [-0.39, 0.29) is 0 Å². The second-order valence-electron chi connectivity index (χ2n) is 5.77. The molecule has 0 radical (unpaired) electrons. The van der Waals surface area contributed by atoms with Gasteiger partial charge in [-0.3, -0.25) is 0 Å². The molecule has 0 unspecified atom stereocenters. The first kappa shape index (κ1) is 13.8. The number of fused-ring (bicyclic) bond motifs is 1. The summed E-state index contributed by atoms with van der Waals surface area (Å²) in [6, 6.07) is 30.2. The van der Waals surface area contributed by atoms with Crippen LogP contribution in [0.4, 0.5) is 0 Å². The van der Waals surface area contributed by atoms with Gasteiger partial charge in [0.15, 0.2) is 0 Å². The molecular formula is C22H19N. The van der Waals surface area contributed by atoms with Crippen molar-refractivity contribution in [1.29, 1.82) is 0 Å². The van der Waals surface area contributed by atoms with E-state index in [4.69, 9.17) is 0 Å². The van der Waals surface area contributed by atoms with Gasteiger partial charge in [-0.05, 0) is 35.7 Å². The Morgan fingerprint density at radius 2 is 1.43 bits per heavy atom. The Kier molecular flexibility index (Phi) is 3.47. The maximum Gasteiger partial charge on any atom is 0.0541 e. The summed E-state index contributed by atoms with van der Waals surface area (Å²) in [6.07, 6.45) is 1.02. The van der Waals surface area contributed by atoms with Crippen LogP contribution in [0.5, 0.6) is 0 Å². The van der Waals surface area contributed by atoms with Crippen LogP contribution >= 0.6 is 0 Å². The molecule has 112 valence electrons. The summed E-state index contributed by atoms with van der Waals surface area (Å²) < 4.78 is 2.39. The zero-order valence-electron chi connectivity index (χ0n) is 13.2. The molecule has 0 spiro atoms. The number of hydrogen-bond donors (Lipinski definition) is 0. The third-order valence-corrected chi connectivity index (χ3v) is 4.39. The molecular weight excluding hydrogens is 278 g/mol. The van der Waals surface area contributed by atoms with E-state index in [1.54, 1.807) is 0 Å². The average Bonchev–Trinajstić information content (AvgIpc) is 3.02. The van der Waals surface area contributed by atoms with E-state index in [1.807, 2.05) is 0 Å². The molecule has 23 heavy (non-hydrogen) atoms. The minimum Gasteiger partial charge on any atom is -0.309 e. The lowest BCUT2D eigenvalue weighted by Crippen LogP contribution is -2.00. The highest BCUT2D eigenvalue weighted by Gasteiger charge is 2.13. The molecule has 0 saturated carbocycles. The van der Waals surface area contributed by atoms with Gasteiger partial charge in [0.2, 0.25) is 0 Å². The molecule has 0 aliphatic heterocycles. The van der Waals surface area contributed by atoms with Crippen LogP contribution in [0.2, 0.25) is 0 Å². The first-order valence-electron chi connectivity index (χ1n) is 8.12. The quantitative estimate of drug-likeness (QED) is 0.446. The van der Waals surface area contributed by atoms with Crippen molar-refractivity contribution in [1.82, 2.24) is 4.57 Å². The SMILES string of the molecule is CCc1ccccc1-n1c(-c2ccccc2)cc2ccccc21. The smallest absolute Gasteiger partial charge is 0.0541 e. The fourth-order valence-electron chi connectivity index (χ4n) is 3.26. The number of benzene rings is 3. The van der Waals surface area contributed by atoms with E-state index >= 15 is 0 Å². The van der Waals surface area contributed by atoms with Crippen LogP contribution in [0, 0.1) is 0 Å². The number of aromatic nitrogens is 1. The summed E-state index contributed by atoms with van der Waals surface area (Å²) in [5.74, 6) is 0. The van der Waals surface area contributed by atoms with Crippen LogP contribution in [0.1, 0.15) is 12.5 Å². The molecule has 0 aliphatic rings. The minimum absolute atomic E-state index is 1.02. The standard InChI is InChI=1S/C22H19N/c1-2-17-10-6-8-14-20(17)23-21-15-9-7-13-19(21)16-22(23)18-11-4-3-5-12-18/h3-16H,2H2,1H3. The maximum absolute atomic E-state index is 2.39. The van der Waals surface area contributed by atoms with Gasteiger partial charge in [0.1, 0.15) is 0 Å². The van der Waals surface area contributed by atoms with Gasteiger partial charge in [0.05, 0.1) is 11.2 Å². The van der Waals surface area contributed by atoms with Gasteiger partial charge in [-0.2, -0.15) is 0 Å². The van der Waals surface area contributed by atoms with Crippen LogP contribution in [0.25, 0.3) is 27.8 Å². The first-order valence-corrected chi connectivity index (χ1v) is 8.12. The van der Waals surface area contributed by atoms with Gasteiger partial charge >= 0.3 is 0 Å². The Bertz CT molecular complexity index is 948. The first-order chi connectivity index (χ1) is 11.4. The molecule has 4 aromatic rings. The molecule has 0 fully saturated rings. The van der Waals surface area contributed by atoms with Crippen LogP contribution in [0.3, 0.4) is 0 Å². The molecule has 0 amide bonds. The normalized spacial score (nSPS) is 11.0. The third kappa shape index (κ3) is 2.35. The van der Waals surface area contributed by atoms with E-state index in [0.29, 0.717) is 0 Å². The molecule has 3 aromatic carbocycles. The van der Waals surface area contributed by atoms with Gasteiger partial charge in [0, 0.05) is 11.1 Å². The Hall–Kier alpha value is -2.80. The minimum atomic E-state index is 1.02. The fourth-order valence-corrected chi connectivity index (χ4v) is 3.26. The van der Waals surface area contributed by atoms with Crippen molar-refractivity contribution < 1.29 is 0 Å². The summed E-state index contributed by atoms with van der Waals surface area (Å²) >= 11 is 0. The molecule has 1 heteroatoms. The van der Waals surface area contributed by atoms with E-state index in [9.17, 15) is 0 Å². The lowest BCUT2D eigenvalue weighted by atomic mass is 10.1. The van der Waals surface area contributed by atoms with Crippen molar-refractivity contribution in [3.05, 3.63) is 90.5 Å².